The minimum atomic E-state index is -0.0611. The van der Waals surface area contributed by atoms with Gasteiger partial charge in [0.25, 0.3) is 0 Å². The van der Waals surface area contributed by atoms with E-state index in [-0.39, 0.29) is 11.8 Å². The summed E-state index contributed by atoms with van der Waals surface area (Å²) in [6.07, 6.45) is 8.68. The van der Waals surface area contributed by atoms with Crippen LogP contribution in [-0.4, -0.2) is 41.3 Å². The summed E-state index contributed by atoms with van der Waals surface area (Å²) in [5, 5.41) is 15.1. The van der Waals surface area contributed by atoms with Gasteiger partial charge >= 0.3 is 0 Å². The van der Waals surface area contributed by atoms with E-state index in [2.05, 4.69) is 39.9 Å². The number of nitriles is 1. The number of ether oxygens (including phenoxy) is 1. The molecule has 3 heterocycles. The first-order valence-corrected chi connectivity index (χ1v) is 13.0. The Kier molecular flexibility index (Phi) is 6.55. The number of benzene rings is 2. The van der Waals surface area contributed by atoms with Crippen molar-refractivity contribution in [1.82, 2.24) is 9.88 Å². The van der Waals surface area contributed by atoms with E-state index in [0.29, 0.717) is 48.5 Å². The molecule has 0 bridgehead atoms. The van der Waals surface area contributed by atoms with Gasteiger partial charge in [0.2, 0.25) is 11.8 Å². The molecule has 1 aliphatic carbocycles. The molecule has 2 aromatic carbocycles. The van der Waals surface area contributed by atoms with Crippen molar-refractivity contribution in [1.29, 1.82) is 5.26 Å². The SMILES string of the molecule is N#Cc1cccc(Oc2ccc(C3=CC4CN(C(=O)/C=C/c5cnc6c(c5)NCCC(=O)N6)CC4C3)cc2)c1. The highest BCUT2D eigenvalue weighted by Gasteiger charge is 2.37. The lowest BCUT2D eigenvalue weighted by Gasteiger charge is -2.15. The van der Waals surface area contributed by atoms with Crippen molar-refractivity contribution in [2.24, 2.45) is 11.8 Å². The molecule has 2 N–H and O–H groups in total. The zero-order valence-electron chi connectivity index (χ0n) is 21.3. The number of amides is 2. The van der Waals surface area contributed by atoms with Crippen molar-refractivity contribution in [3.8, 4) is 17.6 Å². The molecule has 0 spiro atoms. The second-order valence-corrected chi connectivity index (χ2v) is 10.1. The monoisotopic (exact) mass is 517 g/mol. The quantitative estimate of drug-likeness (QED) is 0.458. The number of likely N-dealkylation sites (tertiary alicyclic amines) is 1. The first-order valence-electron chi connectivity index (χ1n) is 13.0. The zero-order valence-corrected chi connectivity index (χ0v) is 21.3. The van der Waals surface area contributed by atoms with Gasteiger partial charge in [-0.3, -0.25) is 9.59 Å². The van der Waals surface area contributed by atoms with Gasteiger partial charge in [-0.1, -0.05) is 24.3 Å². The lowest BCUT2D eigenvalue weighted by molar-refractivity contribution is -0.125. The summed E-state index contributed by atoms with van der Waals surface area (Å²) in [5.74, 6) is 2.59. The number of rotatable bonds is 5. The maximum absolute atomic E-state index is 12.9. The molecule has 3 aromatic rings. The van der Waals surface area contributed by atoms with Gasteiger partial charge in [0.05, 0.1) is 17.3 Å². The number of carbonyl (C=O) groups is 2. The molecule has 0 saturated carbocycles. The number of hydrogen-bond donors (Lipinski definition) is 2. The minimum absolute atomic E-state index is 0.00229. The highest BCUT2D eigenvalue weighted by molar-refractivity contribution is 5.95. The van der Waals surface area contributed by atoms with Gasteiger partial charge in [-0.25, -0.2) is 4.98 Å². The minimum Gasteiger partial charge on any atom is -0.457 e. The number of pyridine rings is 1. The smallest absolute Gasteiger partial charge is 0.246 e. The average molecular weight is 518 g/mol. The summed E-state index contributed by atoms with van der Waals surface area (Å²) < 4.78 is 5.90. The lowest BCUT2D eigenvalue weighted by atomic mass is 9.98. The highest BCUT2D eigenvalue weighted by Crippen LogP contribution is 2.41. The van der Waals surface area contributed by atoms with E-state index >= 15 is 0 Å². The Morgan fingerprint density at radius 3 is 2.82 bits per heavy atom. The fourth-order valence-electron chi connectivity index (χ4n) is 5.39. The van der Waals surface area contributed by atoms with Gasteiger partial charge < -0.3 is 20.3 Å². The number of allylic oxidation sites excluding steroid dienone is 1. The third kappa shape index (κ3) is 5.39. The second kappa shape index (κ2) is 10.5. The van der Waals surface area contributed by atoms with E-state index in [9.17, 15) is 9.59 Å². The number of anilines is 2. The molecule has 2 aliphatic heterocycles. The van der Waals surface area contributed by atoms with Crippen LogP contribution in [0.4, 0.5) is 11.5 Å². The van der Waals surface area contributed by atoms with E-state index in [4.69, 9.17) is 10.00 Å². The van der Waals surface area contributed by atoms with Crippen LogP contribution in [0.5, 0.6) is 11.5 Å². The van der Waals surface area contributed by atoms with Crippen LogP contribution in [0, 0.1) is 23.2 Å². The molecular formula is C31H27N5O3. The van der Waals surface area contributed by atoms with Crippen molar-refractivity contribution < 1.29 is 14.3 Å². The second-order valence-electron chi connectivity index (χ2n) is 10.1. The van der Waals surface area contributed by atoms with E-state index in [1.807, 2.05) is 29.2 Å². The van der Waals surface area contributed by atoms with E-state index in [1.165, 1.54) is 11.1 Å². The maximum Gasteiger partial charge on any atom is 0.246 e. The number of nitrogens with one attached hydrogen (secondary N) is 2. The molecule has 2 amide bonds. The highest BCUT2D eigenvalue weighted by atomic mass is 16.5. The van der Waals surface area contributed by atoms with Crippen LogP contribution in [0.2, 0.25) is 0 Å². The third-order valence-corrected chi connectivity index (χ3v) is 7.38. The molecule has 194 valence electrons. The van der Waals surface area contributed by atoms with E-state index < -0.39 is 0 Å². The fraction of sp³-hybridized carbons (Fsp3) is 0.226. The molecule has 1 fully saturated rings. The van der Waals surface area contributed by atoms with Crippen LogP contribution in [0.25, 0.3) is 11.6 Å². The largest absolute Gasteiger partial charge is 0.457 e. The van der Waals surface area contributed by atoms with Crippen molar-refractivity contribution in [2.45, 2.75) is 12.8 Å². The van der Waals surface area contributed by atoms with Crippen LogP contribution in [0.15, 0.2) is 72.9 Å². The Hall–Kier alpha value is -4.90. The van der Waals surface area contributed by atoms with Gasteiger partial charge in [0.1, 0.15) is 11.5 Å². The van der Waals surface area contributed by atoms with E-state index in [1.54, 1.807) is 36.5 Å². The Morgan fingerprint density at radius 1 is 1.13 bits per heavy atom. The van der Waals surface area contributed by atoms with Gasteiger partial charge in [0, 0.05) is 38.3 Å². The Bertz CT molecular complexity index is 1540. The van der Waals surface area contributed by atoms with Crippen molar-refractivity contribution in [2.75, 3.05) is 30.3 Å². The number of hydrogen-bond acceptors (Lipinski definition) is 6. The molecule has 2 unspecified atom stereocenters. The lowest BCUT2D eigenvalue weighted by Crippen LogP contribution is -2.27. The summed E-state index contributed by atoms with van der Waals surface area (Å²) in [7, 11) is 0. The van der Waals surface area contributed by atoms with Gasteiger partial charge in [-0.15, -0.1) is 0 Å². The molecule has 0 radical (unpaired) electrons. The van der Waals surface area contributed by atoms with Gasteiger partial charge in [-0.05, 0) is 77.4 Å². The van der Waals surface area contributed by atoms with Crippen LogP contribution in [0.1, 0.15) is 29.5 Å². The summed E-state index contributed by atoms with van der Waals surface area (Å²) in [5.41, 5.74) is 4.60. The Morgan fingerprint density at radius 2 is 2.00 bits per heavy atom. The summed E-state index contributed by atoms with van der Waals surface area (Å²) in [6, 6.07) is 19.2. The molecule has 1 aromatic heterocycles. The topological polar surface area (TPSA) is 107 Å². The van der Waals surface area contributed by atoms with Gasteiger partial charge in [-0.2, -0.15) is 5.26 Å². The van der Waals surface area contributed by atoms with E-state index in [0.717, 1.165) is 30.0 Å². The fourth-order valence-corrected chi connectivity index (χ4v) is 5.39. The first-order chi connectivity index (χ1) is 19.0. The van der Waals surface area contributed by atoms with Crippen LogP contribution in [0.3, 0.4) is 0 Å². The van der Waals surface area contributed by atoms with Crippen molar-refractivity contribution in [3.63, 3.8) is 0 Å². The number of nitrogens with zero attached hydrogens (tertiary/aromatic N) is 3. The molecule has 1 saturated heterocycles. The predicted molar refractivity (Wildman–Crippen MR) is 149 cm³/mol. The van der Waals surface area contributed by atoms with Crippen LogP contribution >= 0.6 is 0 Å². The maximum atomic E-state index is 12.9. The zero-order chi connectivity index (χ0) is 26.8. The average Bonchev–Trinajstić information content (AvgIpc) is 3.47. The standard InChI is InChI=1S/C31H27N5O3/c32-16-20-2-1-3-27(12-20)39-26-7-5-22(6-8-26)23-14-24-18-36(19-25(24)15-23)30(38)9-4-21-13-28-31(34-17-21)35-29(37)10-11-33-28/h1-9,12-14,17,24-25,33H,10-11,15,18-19H2,(H,34,35,37)/b9-4+. The molecular weight excluding hydrogens is 490 g/mol. The number of fused-ring (bicyclic) bond motifs is 2. The first kappa shape index (κ1) is 24.4. The summed E-state index contributed by atoms with van der Waals surface area (Å²) >= 11 is 0. The molecule has 3 aliphatic rings. The summed E-state index contributed by atoms with van der Waals surface area (Å²) in [4.78, 5) is 30.8. The Labute approximate surface area is 226 Å². The van der Waals surface area contributed by atoms with Crippen molar-refractivity contribution >= 4 is 35.0 Å². The Balaban J connectivity index is 1.06. The van der Waals surface area contributed by atoms with Crippen LogP contribution in [-0.2, 0) is 9.59 Å². The van der Waals surface area contributed by atoms with Crippen LogP contribution < -0.4 is 15.4 Å². The van der Waals surface area contributed by atoms with Gasteiger partial charge in [0.15, 0.2) is 5.82 Å². The third-order valence-electron chi connectivity index (χ3n) is 7.38. The molecule has 8 heteroatoms. The van der Waals surface area contributed by atoms with Crippen molar-refractivity contribution in [3.05, 3.63) is 89.6 Å². The molecule has 8 nitrogen and oxygen atoms in total. The predicted octanol–water partition coefficient (Wildman–Crippen LogP) is 5.07. The summed E-state index contributed by atoms with van der Waals surface area (Å²) in [6.45, 7) is 2.00. The number of aromatic nitrogens is 1. The molecule has 2 atom stereocenters. The normalized spacial score (nSPS) is 19.8. The number of carbonyl (C=O) groups excluding carboxylic acids is 2. The molecule has 6 rings (SSSR count). The molecule has 39 heavy (non-hydrogen) atoms.